The minimum Gasteiger partial charge on any atom is -0.244 e. The maximum atomic E-state index is 12.7. The van der Waals surface area contributed by atoms with Gasteiger partial charge in [0.2, 0.25) is 10.0 Å². The molecule has 1 aromatic rings. The Morgan fingerprint density at radius 1 is 1.06 bits per heavy atom. The fourth-order valence-electron chi connectivity index (χ4n) is 2.92. The van der Waals surface area contributed by atoms with Gasteiger partial charge in [-0.25, -0.2) is 11.5 Å². The summed E-state index contributed by atoms with van der Waals surface area (Å²) in [6.45, 7) is 1.67. The van der Waals surface area contributed by atoms with Crippen LogP contribution < -0.4 is 0 Å². The maximum Gasteiger partial charge on any atom is 0.243 e. The van der Waals surface area contributed by atoms with E-state index in [1.54, 1.807) is 28.6 Å². The summed E-state index contributed by atoms with van der Waals surface area (Å²) in [4.78, 5) is 0.420. The van der Waals surface area contributed by atoms with Gasteiger partial charge in [0.05, 0.1) is 4.90 Å². The summed E-state index contributed by atoms with van der Waals surface area (Å²) in [5.74, 6) is 0. The summed E-state index contributed by atoms with van der Waals surface area (Å²) < 4.78 is 29.3. The molecule has 6 heteroatoms. The van der Waals surface area contributed by atoms with Gasteiger partial charge in [0.1, 0.15) is 0 Å². The first-order valence-electron chi connectivity index (χ1n) is 6.08. The third-order valence-electron chi connectivity index (χ3n) is 3.69. The van der Waals surface area contributed by atoms with E-state index in [4.69, 9.17) is 0 Å². The van der Waals surface area contributed by atoms with Crippen LogP contribution in [0.5, 0.6) is 0 Å². The summed E-state index contributed by atoms with van der Waals surface area (Å²) in [7, 11) is -3.32. The average Bonchev–Trinajstić information content (AvgIpc) is 2.64. The molecule has 1 aromatic carbocycles. The van der Waals surface area contributed by atoms with Crippen molar-refractivity contribution in [2.45, 2.75) is 29.8 Å². The Hall–Kier alpha value is -0.180. The van der Waals surface area contributed by atoms with E-state index < -0.39 is 10.0 Å². The first-order valence-corrected chi connectivity index (χ1v) is 8.49. The zero-order valence-electron chi connectivity index (χ0n) is 9.87. The van der Waals surface area contributed by atoms with Crippen molar-refractivity contribution in [1.82, 2.24) is 7.42 Å². The number of nitrogens with zero attached hydrogens (tertiary/aromatic N) is 2. The zero-order valence-corrected chi connectivity index (χ0v) is 12.8. The highest BCUT2D eigenvalue weighted by atomic mass is 127. The monoisotopic (exact) mass is 378 g/mol. The molecule has 2 bridgehead atoms. The number of fused-ring (bicyclic) bond motifs is 2. The van der Waals surface area contributed by atoms with E-state index in [-0.39, 0.29) is 12.1 Å². The van der Waals surface area contributed by atoms with Crippen LogP contribution in [0.1, 0.15) is 12.8 Å². The van der Waals surface area contributed by atoms with E-state index in [1.807, 2.05) is 6.07 Å². The lowest BCUT2D eigenvalue weighted by Gasteiger charge is -2.37. The van der Waals surface area contributed by atoms with Gasteiger partial charge in [-0.2, -0.15) is 4.31 Å². The number of rotatable bonds is 2. The topological polar surface area (TPSA) is 40.6 Å². The lowest BCUT2D eigenvalue weighted by atomic mass is 10.2. The third-order valence-corrected chi connectivity index (χ3v) is 6.50. The summed E-state index contributed by atoms with van der Waals surface area (Å²) >= 11 is 2.29. The second kappa shape index (κ2) is 4.73. The Kier molecular flexibility index (Phi) is 3.38. The van der Waals surface area contributed by atoms with Crippen LogP contribution >= 0.6 is 22.9 Å². The van der Waals surface area contributed by atoms with Crippen LogP contribution in [0.2, 0.25) is 0 Å². The largest absolute Gasteiger partial charge is 0.244 e. The minimum absolute atomic E-state index is 0.144. The van der Waals surface area contributed by atoms with Gasteiger partial charge in [0.15, 0.2) is 0 Å². The van der Waals surface area contributed by atoms with Gasteiger partial charge in [-0.3, -0.25) is 0 Å². The molecule has 18 heavy (non-hydrogen) atoms. The van der Waals surface area contributed by atoms with Gasteiger partial charge in [0.25, 0.3) is 0 Å². The molecule has 0 saturated carbocycles. The first-order chi connectivity index (χ1) is 8.59. The molecule has 2 aliphatic heterocycles. The van der Waals surface area contributed by atoms with E-state index in [9.17, 15) is 8.42 Å². The number of piperazine rings is 1. The molecule has 0 amide bonds. The number of hydrogen-bond donors (Lipinski definition) is 0. The molecule has 2 aliphatic rings. The number of sulfonamides is 1. The van der Waals surface area contributed by atoms with E-state index in [0.717, 1.165) is 25.9 Å². The smallest absolute Gasteiger partial charge is 0.243 e. The van der Waals surface area contributed by atoms with Gasteiger partial charge >= 0.3 is 0 Å². The summed E-state index contributed by atoms with van der Waals surface area (Å²) in [6, 6.07) is 9.07. The molecule has 3 rings (SSSR count). The molecular formula is C12H15IN2O2S. The Balaban J connectivity index is 1.96. The van der Waals surface area contributed by atoms with Crippen molar-refractivity contribution < 1.29 is 8.42 Å². The number of benzene rings is 1. The summed E-state index contributed by atoms with van der Waals surface area (Å²) in [6.07, 6.45) is 1.96. The Morgan fingerprint density at radius 3 is 2.17 bits per heavy atom. The van der Waals surface area contributed by atoms with Crippen molar-refractivity contribution in [3.63, 3.8) is 0 Å². The number of halogens is 1. The highest BCUT2D eigenvalue weighted by Gasteiger charge is 2.46. The highest BCUT2D eigenvalue weighted by molar-refractivity contribution is 14.1. The minimum atomic E-state index is -3.32. The molecule has 2 atom stereocenters. The zero-order chi connectivity index (χ0) is 12.8. The molecule has 98 valence electrons. The van der Waals surface area contributed by atoms with Crippen molar-refractivity contribution in [1.29, 1.82) is 0 Å². The van der Waals surface area contributed by atoms with Crippen LogP contribution in [-0.4, -0.2) is 41.0 Å². The van der Waals surface area contributed by atoms with E-state index >= 15 is 0 Å². The third kappa shape index (κ3) is 2.09. The highest BCUT2D eigenvalue weighted by Crippen LogP contribution is 2.36. The molecule has 2 heterocycles. The first kappa shape index (κ1) is 12.8. The maximum absolute atomic E-state index is 12.7. The van der Waals surface area contributed by atoms with Gasteiger partial charge < -0.3 is 0 Å². The molecular weight excluding hydrogens is 363 g/mol. The van der Waals surface area contributed by atoms with E-state index in [0.29, 0.717) is 4.90 Å². The van der Waals surface area contributed by atoms with Crippen molar-refractivity contribution in [2.75, 3.05) is 13.1 Å². The van der Waals surface area contributed by atoms with Crippen LogP contribution in [0, 0.1) is 0 Å². The lowest BCUT2D eigenvalue weighted by molar-refractivity contribution is 0.217. The van der Waals surface area contributed by atoms with Crippen molar-refractivity contribution in [2.24, 2.45) is 0 Å². The van der Waals surface area contributed by atoms with Crippen LogP contribution in [0.15, 0.2) is 35.2 Å². The molecule has 0 spiro atoms. The van der Waals surface area contributed by atoms with Crippen LogP contribution in [-0.2, 0) is 10.0 Å². The lowest BCUT2D eigenvalue weighted by Crippen LogP contribution is -2.52. The molecule has 0 aromatic heterocycles. The molecule has 2 unspecified atom stereocenters. The summed E-state index contributed by atoms with van der Waals surface area (Å²) in [5, 5.41) is 0. The number of hydrogen-bond acceptors (Lipinski definition) is 3. The molecule has 0 N–H and O–H groups in total. The predicted molar refractivity (Wildman–Crippen MR) is 77.9 cm³/mol. The van der Waals surface area contributed by atoms with Crippen molar-refractivity contribution in [3.8, 4) is 0 Å². The normalized spacial score (nSPS) is 29.6. The second-order valence-electron chi connectivity index (χ2n) is 4.86. The van der Waals surface area contributed by atoms with E-state index in [2.05, 4.69) is 26.0 Å². The second-order valence-corrected chi connectivity index (χ2v) is 8.07. The Bertz CT molecular complexity index is 520. The quantitative estimate of drug-likeness (QED) is 0.583. The van der Waals surface area contributed by atoms with Crippen LogP contribution in [0.25, 0.3) is 0 Å². The molecule has 4 nitrogen and oxygen atoms in total. The van der Waals surface area contributed by atoms with Crippen LogP contribution in [0.3, 0.4) is 0 Å². The molecule has 2 saturated heterocycles. The molecule has 0 radical (unpaired) electrons. The fraction of sp³-hybridized carbons (Fsp3) is 0.500. The van der Waals surface area contributed by atoms with Crippen LogP contribution in [0.4, 0.5) is 0 Å². The van der Waals surface area contributed by atoms with Gasteiger partial charge in [-0.05, 0) is 25.0 Å². The average molecular weight is 378 g/mol. The van der Waals surface area contributed by atoms with Gasteiger partial charge in [0, 0.05) is 48.0 Å². The predicted octanol–water partition coefficient (Wildman–Crippen LogP) is 1.87. The SMILES string of the molecule is O=S(=O)(c1ccccc1)N1C2CCC1CN(I)C2. The Morgan fingerprint density at radius 2 is 1.61 bits per heavy atom. The Labute approximate surface area is 122 Å². The summed E-state index contributed by atoms with van der Waals surface area (Å²) in [5.41, 5.74) is 0. The fourth-order valence-corrected chi connectivity index (χ4v) is 5.70. The molecule has 0 aliphatic carbocycles. The van der Waals surface area contributed by atoms with Crippen molar-refractivity contribution in [3.05, 3.63) is 30.3 Å². The van der Waals surface area contributed by atoms with Gasteiger partial charge in [-0.15, -0.1) is 0 Å². The van der Waals surface area contributed by atoms with E-state index in [1.165, 1.54) is 0 Å². The standard InChI is InChI=1S/C12H15IN2O2S/c13-14-8-10-6-7-11(9-14)15(10)18(16,17)12-4-2-1-3-5-12/h1-5,10-11H,6-9H2. The molecule has 2 fully saturated rings. The van der Waals surface area contributed by atoms with Crippen molar-refractivity contribution >= 4 is 32.9 Å². The van der Waals surface area contributed by atoms with Gasteiger partial charge in [-0.1, -0.05) is 18.2 Å².